The van der Waals surface area contributed by atoms with Crippen molar-refractivity contribution in [2.24, 2.45) is 0 Å². The Morgan fingerprint density at radius 2 is 2.56 bits per heavy atom. The number of methoxy groups -OCH3 is 1. The number of hydrogen-bond acceptors (Lipinski definition) is 2. The minimum Gasteiger partial charge on any atom is -0.498 e. The molecule has 1 heterocycles. The molecule has 2 aliphatic rings. The van der Waals surface area contributed by atoms with Crippen LogP contribution in [0.15, 0.2) is 24.0 Å². The van der Waals surface area contributed by atoms with E-state index in [-0.39, 0.29) is 6.10 Å². The molecule has 0 saturated carbocycles. The maximum Gasteiger partial charge on any atom is 0.145 e. The second kappa shape index (κ2) is 1.61. The third-order valence-corrected chi connectivity index (χ3v) is 1.60. The molecule has 0 aromatic rings. The van der Waals surface area contributed by atoms with Crippen LogP contribution in [0.1, 0.15) is 0 Å². The molecule has 0 N–H and O–H groups in total. The summed E-state index contributed by atoms with van der Waals surface area (Å²) in [4.78, 5) is 0. The highest BCUT2D eigenvalue weighted by molar-refractivity contribution is 5.27. The van der Waals surface area contributed by atoms with Gasteiger partial charge in [-0.1, -0.05) is 12.2 Å². The highest BCUT2D eigenvalue weighted by Gasteiger charge is 2.42. The van der Waals surface area contributed by atoms with Gasteiger partial charge in [-0.05, 0) is 6.08 Å². The van der Waals surface area contributed by atoms with E-state index in [0.717, 1.165) is 5.76 Å². The van der Waals surface area contributed by atoms with Crippen LogP contribution in [0.25, 0.3) is 0 Å². The van der Waals surface area contributed by atoms with E-state index in [1.807, 2.05) is 18.2 Å². The van der Waals surface area contributed by atoms with Crippen LogP contribution in [0.5, 0.6) is 0 Å². The predicted octanol–water partition coefficient (Wildman–Crippen LogP) is 0.854. The summed E-state index contributed by atoms with van der Waals surface area (Å²) in [6.07, 6.45) is 6.49. The van der Waals surface area contributed by atoms with E-state index in [2.05, 4.69) is 0 Å². The highest BCUT2D eigenvalue weighted by atomic mass is 16.6. The Morgan fingerprint density at radius 1 is 1.67 bits per heavy atom. The van der Waals surface area contributed by atoms with Crippen molar-refractivity contribution in [2.45, 2.75) is 12.2 Å². The van der Waals surface area contributed by atoms with Crippen LogP contribution in [0.3, 0.4) is 0 Å². The number of fused-ring (bicyclic) bond motifs is 1. The van der Waals surface area contributed by atoms with Gasteiger partial charge in [0.15, 0.2) is 0 Å². The Kier molecular flexibility index (Phi) is 0.904. The molecule has 0 bridgehead atoms. The van der Waals surface area contributed by atoms with Crippen molar-refractivity contribution < 1.29 is 9.47 Å². The van der Waals surface area contributed by atoms with Gasteiger partial charge in [-0.2, -0.15) is 0 Å². The van der Waals surface area contributed by atoms with E-state index < -0.39 is 0 Å². The fourth-order valence-electron chi connectivity index (χ4n) is 1.04. The number of hydrogen-bond donors (Lipinski definition) is 0. The zero-order chi connectivity index (χ0) is 6.27. The van der Waals surface area contributed by atoms with Gasteiger partial charge in [0.05, 0.1) is 7.11 Å². The first-order chi connectivity index (χ1) is 4.42. The summed E-state index contributed by atoms with van der Waals surface area (Å²) in [5, 5.41) is 0. The minimum atomic E-state index is 0.236. The number of epoxide rings is 1. The Hall–Kier alpha value is -0.760. The fourth-order valence-corrected chi connectivity index (χ4v) is 1.04. The molecule has 1 fully saturated rings. The number of ether oxygens (including phenoxy) is 2. The molecule has 0 spiro atoms. The summed E-state index contributed by atoms with van der Waals surface area (Å²) >= 11 is 0. The lowest BCUT2D eigenvalue weighted by molar-refractivity contribution is 0.250. The molecule has 2 nitrogen and oxygen atoms in total. The van der Waals surface area contributed by atoms with Crippen LogP contribution < -0.4 is 0 Å². The van der Waals surface area contributed by atoms with Gasteiger partial charge < -0.3 is 9.47 Å². The van der Waals surface area contributed by atoms with E-state index in [9.17, 15) is 0 Å². The molecule has 2 unspecified atom stereocenters. The normalized spacial score (nSPS) is 37.2. The monoisotopic (exact) mass is 124 g/mol. The van der Waals surface area contributed by atoms with Gasteiger partial charge in [0.25, 0.3) is 0 Å². The average molecular weight is 124 g/mol. The molecular formula is C7H8O2. The Bertz CT molecular complexity index is 181. The van der Waals surface area contributed by atoms with Gasteiger partial charge in [0.1, 0.15) is 18.0 Å². The van der Waals surface area contributed by atoms with Crippen LogP contribution in [-0.4, -0.2) is 19.3 Å². The summed E-state index contributed by atoms with van der Waals surface area (Å²) < 4.78 is 10.2. The van der Waals surface area contributed by atoms with Crippen LogP contribution in [0.4, 0.5) is 0 Å². The maximum absolute atomic E-state index is 5.20. The molecule has 0 radical (unpaired) electrons. The summed E-state index contributed by atoms with van der Waals surface area (Å²) in [6.45, 7) is 0. The molecule has 1 aliphatic heterocycles. The first-order valence-electron chi connectivity index (χ1n) is 2.99. The van der Waals surface area contributed by atoms with Gasteiger partial charge in [0.2, 0.25) is 0 Å². The van der Waals surface area contributed by atoms with Crippen molar-refractivity contribution >= 4 is 0 Å². The number of allylic oxidation sites excluding steroid dienone is 2. The summed E-state index contributed by atoms with van der Waals surface area (Å²) in [5.41, 5.74) is 0. The molecule has 0 amide bonds. The van der Waals surface area contributed by atoms with Crippen molar-refractivity contribution in [3.8, 4) is 0 Å². The van der Waals surface area contributed by atoms with Gasteiger partial charge in [-0.15, -0.1) is 0 Å². The second-order valence-electron chi connectivity index (χ2n) is 2.18. The molecule has 2 heteroatoms. The first kappa shape index (κ1) is 5.06. The molecule has 2 rings (SSSR count). The second-order valence-corrected chi connectivity index (χ2v) is 2.18. The Balaban J connectivity index is 2.20. The molecule has 48 valence electrons. The van der Waals surface area contributed by atoms with Crippen LogP contribution in [-0.2, 0) is 9.47 Å². The zero-order valence-corrected chi connectivity index (χ0v) is 5.20. The van der Waals surface area contributed by atoms with Gasteiger partial charge in [0, 0.05) is 0 Å². The van der Waals surface area contributed by atoms with Crippen LogP contribution >= 0.6 is 0 Å². The Morgan fingerprint density at radius 3 is 3.22 bits per heavy atom. The van der Waals surface area contributed by atoms with E-state index in [0.29, 0.717) is 6.10 Å². The molecule has 9 heavy (non-hydrogen) atoms. The quantitative estimate of drug-likeness (QED) is 0.483. The van der Waals surface area contributed by atoms with Crippen molar-refractivity contribution in [1.29, 1.82) is 0 Å². The molecule has 2 atom stereocenters. The lowest BCUT2D eigenvalue weighted by Gasteiger charge is -2.01. The topological polar surface area (TPSA) is 21.8 Å². The van der Waals surface area contributed by atoms with Gasteiger partial charge >= 0.3 is 0 Å². The van der Waals surface area contributed by atoms with E-state index in [1.165, 1.54) is 0 Å². The highest BCUT2D eigenvalue weighted by Crippen LogP contribution is 2.33. The van der Waals surface area contributed by atoms with E-state index in [1.54, 1.807) is 7.11 Å². The lowest BCUT2D eigenvalue weighted by atomic mass is 10.2. The molecule has 1 aliphatic carbocycles. The predicted molar refractivity (Wildman–Crippen MR) is 32.9 cm³/mol. The fraction of sp³-hybridized carbons (Fsp3) is 0.429. The molecule has 0 aromatic heterocycles. The molecule has 0 aromatic carbocycles. The summed E-state index contributed by atoms with van der Waals surface area (Å²) in [7, 11) is 1.67. The van der Waals surface area contributed by atoms with Gasteiger partial charge in [-0.3, -0.25) is 0 Å². The average Bonchev–Trinajstić information content (AvgIpc) is 2.64. The first-order valence-corrected chi connectivity index (χ1v) is 2.99. The van der Waals surface area contributed by atoms with Crippen LogP contribution in [0, 0.1) is 0 Å². The number of rotatable bonds is 1. The molecule has 1 saturated heterocycles. The minimum absolute atomic E-state index is 0.236. The standard InChI is InChI=1S/C7H8O2/c1-8-5-3-2-4-6-7(5)9-6/h2-4,6-7H,1H3. The van der Waals surface area contributed by atoms with Crippen LogP contribution in [0.2, 0.25) is 0 Å². The summed E-state index contributed by atoms with van der Waals surface area (Å²) in [6, 6.07) is 0. The van der Waals surface area contributed by atoms with Crippen molar-refractivity contribution in [3.63, 3.8) is 0 Å². The maximum atomic E-state index is 5.20. The largest absolute Gasteiger partial charge is 0.498 e. The SMILES string of the molecule is COC1=CC=CC2OC12. The van der Waals surface area contributed by atoms with E-state index in [4.69, 9.17) is 9.47 Å². The summed E-state index contributed by atoms with van der Waals surface area (Å²) in [5.74, 6) is 0.947. The third kappa shape index (κ3) is 0.669. The Labute approximate surface area is 53.8 Å². The third-order valence-electron chi connectivity index (χ3n) is 1.60. The van der Waals surface area contributed by atoms with Crippen molar-refractivity contribution in [1.82, 2.24) is 0 Å². The zero-order valence-electron chi connectivity index (χ0n) is 5.20. The van der Waals surface area contributed by atoms with Crippen molar-refractivity contribution in [3.05, 3.63) is 24.0 Å². The molecular weight excluding hydrogens is 116 g/mol. The van der Waals surface area contributed by atoms with Gasteiger partial charge in [-0.25, -0.2) is 0 Å². The van der Waals surface area contributed by atoms with Crippen molar-refractivity contribution in [2.75, 3.05) is 7.11 Å². The lowest BCUT2D eigenvalue weighted by Crippen LogP contribution is -2.01. The smallest absolute Gasteiger partial charge is 0.145 e. The van der Waals surface area contributed by atoms with E-state index >= 15 is 0 Å².